The van der Waals surface area contributed by atoms with Crippen molar-refractivity contribution in [1.82, 2.24) is 4.73 Å². The van der Waals surface area contributed by atoms with E-state index in [4.69, 9.17) is 19.0 Å². The zero-order chi connectivity index (χ0) is 28.0. The van der Waals surface area contributed by atoms with Crippen LogP contribution in [0.1, 0.15) is 85.5 Å². The van der Waals surface area contributed by atoms with Crippen LogP contribution in [0.4, 0.5) is 4.79 Å². The fourth-order valence-electron chi connectivity index (χ4n) is 10.3. The molecule has 7 rings (SSSR count). The highest BCUT2D eigenvalue weighted by atomic mass is 16.8. The van der Waals surface area contributed by atoms with Gasteiger partial charge < -0.3 is 24.4 Å². The SMILES string of the molecule is C[C@@H]1CCC2(OC1)O[C@H]1C[C@@H]3C(CC[C@H]4[C@H]3CC=C3C[C@@H](OC(=O)On5c(O)ccc5O)CC[C@@]34C)C1(C)[C@@H]2C. The number of allylic oxidation sites excluding steroid dienone is 1. The molecule has 1 aromatic heterocycles. The summed E-state index contributed by atoms with van der Waals surface area (Å²) in [5, 5.41) is 19.5. The third kappa shape index (κ3) is 3.73. The quantitative estimate of drug-likeness (QED) is 0.331. The van der Waals surface area contributed by atoms with E-state index in [1.165, 1.54) is 37.0 Å². The fraction of sp³-hybridized carbons (Fsp3) is 0.781. The van der Waals surface area contributed by atoms with Crippen molar-refractivity contribution in [2.75, 3.05) is 6.61 Å². The van der Waals surface area contributed by atoms with Crippen molar-refractivity contribution in [3.8, 4) is 11.8 Å². The summed E-state index contributed by atoms with van der Waals surface area (Å²) in [6.07, 6.45) is 11.0. The minimum absolute atomic E-state index is 0.129. The molecule has 0 aromatic carbocycles. The molecule has 2 saturated heterocycles. The number of aromatic hydroxyl groups is 2. The molecule has 40 heavy (non-hydrogen) atoms. The molecular formula is C32H45NO7. The normalized spacial score (nSPS) is 47.5. The summed E-state index contributed by atoms with van der Waals surface area (Å²) < 4.78 is 19.8. The van der Waals surface area contributed by atoms with Crippen LogP contribution in [0.25, 0.3) is 0 Å². The molecule has 6 aliphatic rings. The van der Waals surface area contributed by atoms with Crippen molar-refractivity contribution >= 4 is 6.16 Å². The first-order valence-corrected chi connectivity index (χ1v) is 15.5. The van der Waals surface area contributed by atoms with Gasteiger partial charge in [0.05, 0.1) is 12.7 Å². The van der Waals surface area contributed by atoms with Gasteiger partial charge in [0.2, 0.25) is 11.8 Å². The number of rotatable bonds is 2. The van der Waals surface area contributed by atoms with Crippen LogP contribution < -0.4 is 4.84 Å². The van der Waals surface area contributed by atoms with Crippen LogP contribution in [-0.2, 0) is 14.2 Å². The van der Waals surface area contributed by atoms with Crippen LogP contribution in [0, 0.1) is 46.3 Å². The third-order valence-electron chi connectivity index (χ3n) is 12.7. The summed E-state index contributed by atoms with van der Waals surface area (Å²) in [6, 6.07) is 2.50. The van der Waals surface area contributed by atoms with Crippen molar-refractivity contribution in [3.63, 3.8) is 0 Å². The van der Waals surface area contributed by atoms with E-state index in [1.54, 1.807) is 0 Å². The molecule has 3 unspecified atom stereocenters. The maximum Gasteiger partial charge on any atom is 0.534 e. The molecule has 1 aromatic rings. The van der Waals surface area contributed by atoms with Gasteiger partial charge in [-0.3, -0.25) is 4.84 Å². The smallest absolute Gasteiger partial charge is 0.492 e. The van der Waals surface area contributed by atoms with Gasteiger partial charge in [-0.25, -0.2) is 4.79 Å². The number of fused-ring (bicyclic) bond motifs is 7. The lowest BCUT2D eigenvalue weighted by molar-refractivity contribution is -0.272. The minimum Gasteiger partial charge on any atom is -0.492 e. The van der Waals surface area contributed by atoms with Crippen molar-refractivity contribution in [1.29, 1.82) is 0 Å². The van der Waals surface area contributed by atoms with E-state index in [2.05, 4.69) is 33.8 Å². The topological polar surface area (TPSA) is 99.4 Å². The minimum atomic E-state index is -0.917. The van der Waals surface area contributed by atoms with E-state index in [-0.39, 0.29) is 40.6 Å². The first-order chi connectivity index (χ1) is 19.0. The van der Waals surface area contributed by atoms with Crippen LogP contribution in [-0.4, -0.2) is 45.7 Å². The lowest BCUT2D eigenvalue weighted by Crippen LogP contribution is -2.51. The Hall–Kier alpha value is -2.19. The summed E-state index contributed by atoms with van der Waals surface area (Å²) in [7, 11) is 0. The second kappa shape index (κ2) is 9.15. The molecule has 3 saturated carbocycles. The van der Waals surface area contributed by atoms with E-state index in [0.717, 1.165) is 38.7 Å². The molecule has 220 valence electrons. The van der Waals surface area contributed by atoms with E-state index in [9.17, 15) is 15.0 Å². The standard InChI is InChI=1S/C32H45NO7/c1-18-11-14-32(37-17-18)19(2)31(4)25-8-7-24-22(23(25)16-26(31)39-32)6-5-20-15-21(12-13-30(20,24)3)38-29(36)40-33-27(34)9-10-28(33)35/h5,9-10,18-19,21-26,34-35H,6-8,11-17H2,1-4H3/t18-,19+,21+,22+,23+,24+,25?,26+,30+,31?,32?/m1/s1. The van der Waals surface area contributed by atoms with E-state index in [0.29, 0.717) is 46.7 Å². The number of carbonyl (C=O) groups excluding carboxylic acids is 1. The second-order valence-corrected chi connectivity index (χ2v) is 14.4. The molecule has 2 aliphatic heterocycles. The Morgan fingerprint density at radius 2 is 1.77 bits per heavy atom. The molecule has 0 amide bonds. The first kappa shape index (κ1) is 26.7. The maximum absolute atomic E-state index is 12.4. The molecule has 4 aliphatic carbocycles. The van der Waals surface area contributed by atoms with Gasteiger partial charge in [-0.2, -0.15) is 0 Å². The van der Waals surface area contributed by atoms with Crippen LogP contribution in [0.2, 0.25) is 0 Å². The summed E-state index contributed by atoms with van der Waals surface area (Å²) >= 11 is 0. The summed E-state index contributed by atoms with van der Waals surface area (Å²) in [4.78, 5) is 17.5. The van der Waals surface area contributed by atoms with Crippen molar-refractivity contribution in [2.45, 2.75) is 103 Å². The Balaban J connectivity index is 1.04. The van der Waals surface area contributed by atoms with Gasteiger partial charge in [0, 0.05) is 36.3 Å². The number of carbonyl (C=O) groups is 1. The van der Waals surface area contributed by atoms with Crippen LogP contribution in [0.5, 0.6) is 11.8 Å². The summed E-state index contributed by atoms with van der Waals surface area (Å²) in [5.41, 5.74) is 1.72. The molecule has 0 radical (unpaired) electrons. The molecule has 0 bridgehead atoms. The number of hydrogen-bond donors (Lipinski definition) is 2. The van der Waals surface area contributed by atoms with Gasteiger partial charge in [0.25, 0.3) is 0 Å². The molecule has 8 nitrogen and oxygen atoms in total. The predicted octanol–water partition coefficient (Wildman–Crippen LogP) is 6.20. The number of nitrogens with zero attached hydrogens (tertiary/aromatic N) is 1. The molecule has 5 fully saturated rings. The van der Waals surface area contributed by atoms with Gasteiger partial charge in [-0.1, -0.05) is 39.3 Å². The molecule has 2 N–H and O–H groups in total. The molecule has 1 spiro atoms. The monoisotopic (exact) mass is 555 g/mol. The number of aromatic nitrogens is 1. The highest BCUT2D eigenvalue weighted by molar-refractivity contribution is 5.61. The van der Waals surface area contributed by atoms with E-state index >= 15 is 0 Å². The predicted molar refractivity (Wildman–Crippen MR) is 146 cm³/mol. The Morgan fingerprint density at radius 3 is 2.50 bits per heavy atom. The van der Waals surface area contributed by atoms with E-state index in [1.807, 2.05) is 0 Å². The lowest BCUT2D eigenvalue weighted by atomic mass is 9.49. The molecule has 3 heterocycles. The molecular weight excluding hydrogens is 510 g/mol. The van der Waals surface area contributed by atoms with Crippen molar-refractivity contribution in [2.24, 2.45) is 46.3 Å². The lowest BCUT2D eigenvalue weighted by Gasteiger charge is -2.56. The second-order valence-electron chi connectivity index (χ2n) is 14.4. The van der Waals surface area contributed by atoms with Crippen molar-refractivity contribution in [3.05, 3.63) is 23.8 Å². The van der Waals surface area contributed by atoms with Crippen LogP contribution in [0.15, 0.2) is 23.8 Å². The Labute approximate surface area is 237 Å². The molecule has 11 atom stereocenters. The fourth-order valence-corrected chi connectivity index (χ4v) is 10.3. The summed E-state index contributed by atoms with van der Waals surface area (Å²) in [6.45, 7) is 10.5. The largest absolute Gasteiger partial charge is 0.534 e. The van der Waals surface area contributed by atoms with Gasteiger partial charge in [-0.15, -0.1) is 4.73 Å². The highest BCUT2D eigenvalue weighted by Crippen LogP contribution is 2.70. The zero-order valence-corrected chi connectivity index (χ0v) is 24.3. The Morgan fingerprint density at radius 1 is 1.02 bits per heavy atom. The summed E-state index contributed by atoms with van der Waals surface area (Å²) in [5.74, 6) is 2.64. The van der Waals surface area contributed by atoms with Gasteiger partial charge in [0.15, 0.2) is 5.79 Å². The van der Waals surface area contributed by atoms with Crippen LogP contribution >= 0.6 is 0 Å². The average molecular weight is 556 g/mol. The molecule has 8 heteroatoms. The van der Waals surface area contributed by atoms with E-state index < -0.39 is 6.16 Å². The third-order valence-corrected chi connectivity index (χ3v) is 12.7. The van der Waals surface area contributed by atoms with Gasteiger partial charge >= 0.3 is 6.16 Å². The average Bonchev–Trinajstić information content (AvgIpc) is 3.47. The van der Waals surface area contributed by atoms with Crippen LogP contribution in [0.3, 0.4) is 0 Å². The highest BCUT2D eigenvalue weighted by Gasteiger charge is 2.70. The zero-order valence-electron chi connectivity index (χ0n) is 24.3. The van der Waals surface area contributed by atoms with Gasteiger partial charge in [-0.05, 0) is 80.0 Å². The maximum atomic E-state index is 12.4. The van der Waals surface area contributed by atoms with Crippen molar-refractivity contribution < 1.29 is 34.1 Å². The Bertz CT molecular complexity index is 1180. The Kier molecular flexibility index (Phi) is 6.11. The number of ether oxygens (including phenoxy) is 3. The van der Waals surface area contributed by atoms with Gasteiger partial charge in [0.1, 0.15) is 6.10 Å². The number of hydrogen-bond acceptors (Lipinski definition) is 7. The first-order valence-electron chi connectivity index (χ1n) is 15.5.